The number of benzene rings is 1. The lowest BCUT2D eigenvalue weighted by molar-refractivity contribution is -0.129. The van der Waals surface area contributed by atoms with E-state index in [0.29, 0.717) is 12.0 Å². The van der Waals surface area contributed by atoms with Gasteiger partial charge in [0, 0.05) is 17.1 Å². The second-order valence-electron chi connectivity index (χ2n) is 8.56. The highest BCUT2D eigenvalue weighted by Crippen LogP contribution is 2.26. The Hall–Kier alpha value is -1.89. The first-order chi connectivity index (χ1) is 12.4. The van der Waals surface area contributed by atoms with Crippen LogP contribution in [0, 0.1) is 5.92 Å². The smallest absolute Gasteiger partial charge is 0.254 e. The van der Waals surface area contributed by atoms with E-state index >= 15 is 0 Å². The van der Waals surface area contributed by atoms with E-state index in [0.717, 1.165) is 0 Å². The van der Waals surface area contributed by atoms with Crippen LogP contribution in [0.2, 0.25) is 0 Å². The lowest BCUT2D eigenvalue weighted by Crippen LogP contribution is -2.59. The molecular formula is C20H30N2O4S. The molecule has 0 aromatic heterocycles. The Balaban J connectivity index is 2.45. The molecule has 0 radical (unpaired) electrons. The summed E-state index contributed by atoms with van der Waals surface area (Å²) in [6.07, 6.45) is 0.354. The molecule has 0 aliphatic carbocycles. The highest BCUT2D eigenvalue weighted by Gasteiger charge is 2.42. The molecule has 2 unspecified atom stereocenters. The van der Waals surface area contributed by atoms with Crippen LogP contribution < -0.4 is 5.32 Å². The van der Waals surface area contributed by atoms with Crippen molar-refractivity contribution < 1.29 is 18.0 Å². The fourth-order valence-electron chi connectivity index (χ4n) is 3.44. The Morgan fingerprint density at radius 2 is 1.74 bits per heavy atom. The Morgan fingerprint density at radius 3 is 2.19 bits per heavy atom. The molecule has 0 spiro atoms. The van der Waals surface area contributed by atoms with E-state index in [2.05, 4.69) is 5.32 Å². The van der Waals surface area contributed by atoms with Crippen molar-refractivity contribution in [3.63, 3.8) is 0 Å². The van der Waals surface area contributed by atoms with Crippen LogP contribution in [0.5, 0.6) is 0 Å². The number of hydrogen-bond donors (Lipinski definition) is 1. The molecule has 7 heteroatoms. The summed E-state index contributed by atoms with van der Waals surface area (Å²) in [6.45, 7) is 9.40. The Morgan fingerprint density at radius 1 is 1.15 bits per heavy atom. The van der Waals surface area contributed by atoms with E-state index in [4.69, 9.17) is 0 Å². The Kier molecular flexibility index (Phi) is 6.35. The molecule has 1 aliphatic heterocycles. The number of carbonyl (C=O) groups is 2. The summed E-state index contributed by atoms with van der Waals surface area (Å²) >= 11 is 0. The number of nitrogens with one attached hydrogen (secondary N) is 1. The average Bonchev–Trinajstić information content (AvgIpc) is 2.90. The van der Waals surface area contributed by atoms with Crippen LogP contribution in [0.15, 0.2) is 30.3 Å². The van der Waals surface area contributed by atoms with Gasteiger partial charge in [0.15, 0.2) is 9.84 Å². The van der Waals surface area contributed by atoms with E-state index < -0.39 is 27.5 Å². The summed E-state index contributed by atoms with van der Waals surface area (Å²) in [5.41, 5.74) is 0.00368. The van der Waals surface area contributed by atoms with E-state index in [-0.39, 0.29) is 29.2 Å². The van der Waals surface area contributed by atoms with Crippen LogP contribution in [0.3, 0.4) is 0 Å². The van der Waals surface area contributed by atoms with Crippen molar-refractivity contribution in [3.05, 3.63) is 35.9 Å². The van der Waals surface area contributed by atoms with Gasteiger partial charge in [-0.2, -0.15) is 0 Å². The minimum atomic E-state index is -3.20. The maximum Gasteiger partial charge on any atom is 0.254 e. The Labute approximate surface area is 162 Å². The minimum Gasteiger partial charge on any atom is -0.350 e. The highest BCUT2D eigenvalue weighted by molar-refractivity contribution is 7.91. The van der Waals surface area contributed by atoms with Crippen LogP contribution in [-0.2, 0) is 14.6 Å². The van der Waals surface area contributed by atoms with Gasteiger partial charge in [0.25, 0.3) is 5.91 Å². The van der Waals surface area contributed by atoms with Gasteiger partial charge in [-0.3, -0.25) is 9.59 Å². The number of sulfone groups is 1. The van der Waals surface area contributed by atoms with E-state index in [1.54, 1.807) is 24.3 Å². The first-order valence-electron chi connectivity index (χ1n) is 9.31. The molecule has 2 rings (SSSR count). The zero-order chi connectivity index (χ0) is 20.4. The lowest BCUT2D eigenvalue weighted by atomic mass is 9.96. The molecule has 1 aromatic carbocycles. The molecular weight excluding hydrogens is 364 g/mol. The quantitative estimate of drug-likeness (QED) is 0.830. The van der Waals surface area contributed by atoms with Crippen molar-refractivity contribution in [1.82, 2.24) is 10.2 Å². The van der Waals surface area contributed by atoms with E-state index in [9.17, 15) is 18.0 Å². The fraction of sp³-hybridized carbons (Fsp3) is 0.600. The first kappa shape index (κ1) is 21.4. The first-order valence-corrected chi connectivity index (χ1v) is 11.1. The number of rotatable bonds is 5. The van der Waals surface area contributed by atoms with Crippen LogP contribution in [-0.4, -0.2) is 54.3 Å². The summed E-state index contributed by atoms with van der Waals surface area (Å²) in [7, 11) is -3.20. The van der Waals surface area contributed by atoms with Gasteiger partial charge in [-0.1, -0.05) is 32.0 Å². The van der Waals surface area contributed by atoms with E-state index in [1.165, 1.54) is 4.90 Å². The maximum absolute atomic E-state index is 13.3. The van der Waals surface area contributed by atoms with Gasteiger partial charge >= 0.3 is 0 Å². The predicted octanol–water partition coefficient (Wildman–Crippen LogP) is 2.26. The van der Waals surface area contributed by atoms with E-state index in [1.807, 2.05) is 40.7 Å². The van der Waals surface area contributed by atoms with Crippen molar-refractivity contribution in [2.45, 2.75) is 58.7 Å². The molecule has 6 nitrogen and oxygen atoms in total. The summed E-state index contributed by atoms with van der Waals surface area (Å²) < 4.78 is 24.1. The highest BCUT2D eigenvalue weighted by atomic mass is 32.2. The SMILES string of the molecule is CC(C)C(C(=O)NC(C)(C)C)N(C(=O)c1ccccc1)C1CCS(=O)(=O)C1. The molecule has 1 fully saturated rings. The number of nitrogens with zero attached hydrogens (tertiary/aromatic N) is 1. The number of amides is 2. The van der Waals surface area contributed by atoms with Crippen LogP contribution in [0.25, 0.3) is 0 Å². The third kappa shape index (κ3) is 5.54. The third-order valence-corrected chi connectivity index (χ3v) is 6.31. The molecule has 2 atom stereocenters. The number of carbonyl (C=O) groups excluding carboxylic acids is 2. The van der Waals surface area contributed by atoms with Gasteiger partial charge in [-0.05, 0) is 45.2 Å². The molecule has 1 aliphatic rings. The molecule has 1 heterocycles. The van der Waals surface area contributed by atoms with Gasteiger partial charge in [0.05, 0.1) is 11.5 Å². The molecule has 0 saturated carbocycles. The van der Waals surface area contributed by atoms with Gasteiger partial charge in [-0.15, -0.1) is 0 Å². The largest absolute Gasteiger partial charge is 0.350 e. The molecule has 150 valence electrons. The summed E-state index contributed by atoms with van der Waals surface area (Å²) in [5.74, 6) is -0.783. The predicted molar refractivity (Wildman–Crippen MR) is 106 cm³/mol. The lowest BCUT2D eigenvalue weighted by Gasteiger charge is -2.39. The van der Waals surface area contributed by atoms with Gasteiger partial charge < -0.3 is 10.2 Å². The standard InChI is InChI=1S/C20H30N2O4S/c1-14(2)17(18(23)21-20(3,4)5)22(16-11-12-27(25,26)13-16)19(24)15-9-7-6-8-10-15/h6-10,14,16-17H,11-13H2,1-5H3,(H,21,23). The third-order valence-electron chi connectivity index (χ3n) is 4.56. The molecule has 1 aromatic rings. The summed E-state index contributed by atoms with van der Waals surface area (Å²) in [6, 6.07) is 7.48. The van der Waals surface area contributed by atoms with Crippen LogP contribution in [0.4, 0.5) is 0 Å². The van der Waals surface area contributed by atoms with Gasteiger partial charge in [0.1, 0.15) is 6.04 Å². The molecule has 27 heavy (non-hydrogen) atoms. The van der Waals surface area contributed by atoms with Crippen molar-refractivity contribution in [3.8, 4) is 0 Å². The molecule has 1 N–H and O–H groups in total. The summed E-state index contributed by atoms with van der Waals surface area (Å²) in [4.78, 5) is 27.9. The minimum absolute atomic E-state index is 0.0436. The monoisotopic (exact) mass is 394 g/mol. The molecule has 1 saturated heterocycles. The maximum atomic E-state index is 13.3. The molecule has 0 bridgehead atoms. The van der Waals surface area contributed by atoms with Crippen molar-refractivity contribution in [2.75, 3.05) is 11.5 Å². The summed E-state index contributed by atoms with van der Waals surface area (Å²) in [5, 5.41) is 2.95. The van der Waals surface area contributed by atoms with Crippen LogP contribution >= 0.6 is 0 Å². The van der Waals surface area contributed by atoms with Crippen molar-refractivity contribution >= 4 is 21.7 Å². The second-order valence-corrected chi connectivity index (χ2v) is 10.8. The molecule has 2 amide bonds. The zero-order valence-electron chi connectivity index (χ0n) is 16.7. The zero-order valence-corrected chi connectivity index (χ0v) is 17.5. The average molecular weight is 395 g/mol. The van der Waals surface area contributed by atoms with Gasteiger partial charge in [-0.25, -0.2) is 8.42 Å². The topological polar surface area (TPSA) is 83.6 Å². The number of hydrogen-bond acceptors (Lipinski definition) is 4. The van der Waals surface area contributed by atoms with Crippen LogP contribution in [0.1, 0.15) is 51.4 Å². The second kappa shape index (κ2) is 8.00. The van der Waals surface area contributed by atoms with Crippen molar-refractivity contribution in [1.29, 1.82) is 0 Å². The Bertz CT molecular complexity index is 782. The normalized spacial score (nSPS) is 20.3. The van der Waals surface area contributed by atoms with Crippen molar-refractivity contribution in [2.24, 2.45) is 5.92 Å². The fourth-order valence-corrected chi connectivity index (χ4v) is 5.15. The van der Waals surface area contributed by atoms with Gasteiger partial charge in [0.2, 0.25) is 5.91 Å².